The van der Waals surface area contributed by atoms with Gasteiger partial charge in [-0.3, -0.25) is 9.10 Å². The molecule has 0 aliphatic rings. The second-order valence-electron chi connectivity index (χ2n) is 7.96. The third-order valence-electron chi connectivity index (χ3n) is 4.68. The summed E-state index contributed by atoms with van der Waals surface area (Å²) in [7, 11) is -1.97. The average molecular weight is 423 g/mol. The molecule has 2 rings (SSSR count). The van der Waals surface area contributed by atoms with E-state index in [1.165, 1.54) is 24.7 Å². The van der Waals surface area contributed by atoms with Crippen LogP contribution in [0.25, 0.3) is 0 Å². The molecule has 0 bridgehead atoms. The first-order chi connectivity index (χ1) is 12.8. The van der Waals surface area contributed by atoms with Crippen molar-refractivity contribution in [2.24, 2.45) is 0 Å². The maximum absolute atomic E-state index is 12.6. The second-order valence-corrected chi connectivity index (χ2v) is 10.4. The number of nitrogens with zero attached hydrogens (tertiary/aromatic N) is 1. The van der Waals surface area contributed by atoms with Crippen molar-refractivity contribution in [1.29, 1.82) is 0 Å². The average Bonchev–Trinajstić information content (AvgIpc) is 2.59. The van der Waals surface area contributed by atoms with Gasteiger partial charge in [0, 0.05) is 7.05 Å². The van der Waals surface area contributed by atoms with Gasteiger partial charge in [0.25, 0.3) is 5.91 Å². The highest BCUT2D eigenvalue weighted by Gasteiger charge is 2.19. The smallest absolute Gasteiger partial charge is 0.253 e. The molecule has 5 nitrogen and oxygen atoms in total. The highest BCUT2D eigenvalue weighted by atomic mass is 35.5. The van der Waals surface area contributed by atoms with Crippen LogP contribution in [0.15, 0.2) is 42.5 Å². The number of hydrogen-bond acceptors (Lipinski definition) is 3. The Bertz CT molecular complexity index is 964. The fraction of sp³-hybridized carbons (Fsp3) is 0.381. The normalized spacial score (nSPS) is 13.1. The van der Waals surface area contributed by atoms with Crippen molar-refractivity contribution >= 4 is 33.2 Å². The first kappa shape index (κ1) is 22.2. The molecule has 2 aromatic rings. The molecule has 0 saturated carbocycles. The van der Waals surface area contributed by atoms with Crippen LogP contribution in [0, 0.1) is 0 Å². The Balaban J connectivity index is 2.16. The number of carbonyl (C=O) groups excluding carboxylic acids is 1. The molecular formula is C21H27ClN2O3S. The number of sulfonamides is 1. The number of benzene rings is 2. The molecule has 0 radical (unpaired) electrons. The predicted octanol–water partition coefficient (Wildman–Crippen LogP) is 4.52. The first-order valence-corrected chi connectivity index (χ1v) is 11.2. The molecule has 0 saturated heterocycles. The maximum atomic E-state index is 12.6. The summed E-state index contributed by atoms with van der Waals surface area (Å²) in [5.74, 6) is -0.314. The summed E-state index contributed by atoms with van der Waals surface area (Å²) in [4.78, 5) is 12.6. The van der Waals surface area contributed by atoms with Crippen LogP contribution in [0.3, 0.4) is 0 Å². The van der Waals surface area contributed by atoms with E-state index >= 15 is 0 Å². The Labute approximate surface area is 172 Å². The Hall–Kier alpha value is -2.05. The number of hydrogen-bond donors (Lipinski definition) is 1. The lowest BCUT2D eigenvalue weighted by Crippen LogP contribution is -2.27. The summed E-state index contributed by atoms with van der Waals surface area (Å²) >= 11 is 6.24. The third-order valence-corrected chi connectivity index (χ3v) is 6.20. The summed E-state index contributed by atoms with van der Waals surface area (Å²) in [6, 6.07) is 12.5. The molecule has 1 N–H and O–H groups in total. The van der Waals surface area contributed by atoms with Crippen molar-refractivity contribution in [2.75, 3.05) is 17.6 Å². The highest BCUT2D eigenvalue weighted by Crippen LogP contribution is 2.26. The number of amides is 1. The van der Waals surface area contributed by atoms with Crippen molar-refractivity contribution in [3.05, 3.63) is 64.2 Å². The largest absolute Gasteiger partial charge is 0.345 e. The molecule has 0 aliphatic heterocycles. The second kappa shape index (κ2) is 8.13. The molecule has 0 unspecified atom stereocenters. The monoisotopic (exact) mass is 422 g/mol. The van der Waals surface area contributed by atoms with Crippen LogP contribution >= 0.6 is 11.6 Å². The number of halogens is 1. The summed E-state index contributed by atoms with van der Waals surface area (Å²) in [5.41, 5.74) is 2.98. The fourth-order valence-electron chi connectivity index (χ4n) is 2.71. The maximum Gasteiger partial charge on any atom is 0.253 e. The van der Waals surface area contributed by atoms with E-state index in [-0.39, 0.29) is 22.4 Å². The van der Waals surface area contributed by atoms with Crippen LogP contribution in [-0.2, 0) is 15.4 Å². The Morgan fingerprint density at radius 1 is 1.11 bits per heavy atom. The topological polar surface area (TPSA) is 66.5 Å². The molecule has 0 heterocycles. The summed E-state index contributed by atoms with van der Waals surface area (Å²) < 4.78 is 24.4. The van der Waals surface area contributed by atoms with E-state index in [4.69, 9.17) is 11.6 Å². The molecular weight excluding hydrogens is 396 g/mol. The zero-order valence-electron chi connectivity index (χ0n) is 17.1. The van der Waals surface area contributed by atoms with Gasteiger partial charge in [-0.05, 0) is 41.7 Å². The lowest BCUT2D eigenvalue weighted by atomic mass is 9.86. The molecule has 7 heteroatoms. The number of carbonyl (C=O) groups is 1. The van der Waals surface area contributed by atoms with Gasteiger partial charge in [0.1, 0.15) is 0 Å². The Morgan fingerprint density at radius 2 is 1.68 bits per heavy atom. The van der Waals surface area contributed by atoms with Crippen molar-refractivity contribution in [3.63, 3.8) is 0 Å². The molecule has 1 amide bonds. The van der Waals surface area contributed by atoms with Gasteiger partial charge in [0.15, 0.2) is 0 Å². The first-order valence-electron chi connectivity index (χ1n) is 8.95. The van der Waals surface area contributed by atoms with E-state index in [0.717, 1.165) is 16.1 Å². The van der Waals surface area contributed by atoms with Gasteiger partial charge in [-0.1, -0.05) is 56.6 Å². The van der Waals surface area contributed by atoms with E-state index in [9.17, 15) is 13.2 Å². The quantitative estimate of drug-likeness (QED) is 0.770. The molecule has 0 aromatic heterocycles. The third kappa shape index (κ3) is 5.26. The van der Waals surface area contributed by atoms with E-state index in [1.807, 2.05) is 19.1 Å². The number of anilines is 1. The van der Waals surface area contributed by atoms with Gasteiger partial charge in [-0.15, -0.1) is 0 Å². The van der Waals surface area contributed by atoms with E-state index < -0.39 is 10.0 Å². The summed E-state index contributed by atoms with van der Waals surface area (Å²) in [6.07, 6.45) is 1.11. The van der Waals surface area contributed by atoms with Crippen LogP contribution < -0.4 is 9.62 Å². The van der Waals surface area contributed by atoms with E-state index in [2.05, 4.69) is 38.2 Å². The molecule has 0 spiro atoms. The zero-order valence-corrected chi connectivity index (χ0v) is 18.6. The van der Waals surface area contributed by atoms with Crippen LogP contribution in [0.1, 0.15) is 55.2 Å². The SMILES string of the molecule is C[C@@H](NC(=O)c1ccc(N(C)S(C)(=O)=O)cc1Cl)c1ccc(C(C)(C)C)cc1. The number of nitrogens with one attached hydrogen (secondary N) is 1. The van der Waals surface area contributed by atoms with Crippen molar-refractivity contribution in [2.45, 2.75) is 39.2 Å². The van der Waals surface area contributed by atoms with Crippen molar-refractivity contribution < 1.29 is 13.2 Å². The molecule has 0 fully saturated rings. The Morgan fingerprint density at radius 3 is 2.14 bits per heavy atom. The fourth-order valence-corrected chi connectivity index (χ4v) is 3.46. The zero-order chi connectivity index (χ0) is 21.3. The minimum absolute atomic E-state index is 0.0689. The van der Waals surface area contributed by atoms with Gasteiger partial charge < -0.3 is 5.32 Å². The van der Waals surface area contributed by atoms with Crippen LogP contribution in [0.4, 0.5) is 5.69 Å². The van der Waals surface area contributed by atoms with E-state index in [1.54, 1.807) is 6.07 Å². The summed E-state index contributed by atoms with van der Waals surface area (Å²) in [5, 5.41) is 3.13. The highest BCUT2D eigenvalue weighted by molar-refractivity contribution is 7.92. The van der Waals surface area contributed by atoms with Crippen molar-refractivity contribution in [1.82, 2.24) is 5.32 Å². The van der Waals surface area contributed by atoms with Crippen LogP contribution in [0.5, 0.6) is 0 Å². The number of rotatable bonds is 5. The standard InChI is InChI=1S/C21H27ClN2O3S/c1-14(15-7-9-16(10-8-15)21(2,3)4)23-20(25)18-12-11-17(13-19(18)22)24(5)28(6,26)27/h7-14H,1-6H3,(H,23,25)/t14-/m1/s1. The molecule has 0 aliphatic carbocycles. The minimum atomic E-state index is -3.40. The molecule has 1 atom stereocenters. The van der Waals surface area contributed by atoms with Gasteiger partial charge >= 0.3 is 0 Å². The summed E-state index contributed by atoms with van der Waals surface area (Å²) in [6.45, 7) is 8.37. The van der Waals surface area contributed by atoms with Gasteiger partial charge in [0.2, 0.25) is 10.0 Å². The molecule has 2 aromatic carbocycles. The van der Waals surface area contributed by atoms with Gasteiger partial charge in [0.05, 0.1) is 28.6 Å². The van der Waals surface area contributed by atoms with Crippen molar-refractivity contribution in [3.8, 4) is 0 Å². The van der Waals surface area contributed by atoms with E-state index in [0.29, 0.717) is 11.3 Å². The van der Waals surface area contributed by atoms with Crippen LogP contribution in [0.2, 0.25) is 5.02 Å². The van der Waals surface area contributed by atoms with Gasteiger partial charge in [-0.25, -0.2) is 8.42 Å². The lowest BCUT2D eigenvalue weighted by molar-refractivity contribution is 0.0940. The minimum Gasteiger partial charge on any atom is -0.345 e. The predicted molar refractivity (Wildman–Crippen MR) is 116 cm³/mol. The van der Waals surface area contributed by atoms with Crippen LogP contribution in [-0.4, -0.2) is 27.6 Å². The van der Waals surface area contributed by atoms with Gasteiger partial charge in [-0.2, -0.15) is 0 Å². The molecule has 28 heavy (non-hydrogen) atoms. The lowest BCUT2D eigenvalue weighted by Gasteiger charge is -2.21. The Kier molecular flexibility index (Phi) is 6.46. The molecule has 152 valence electrons.